The predicted molar refractivity (Wildman–Crippen MR) is 113 cm³/mol. The molecule has 1 saturated carbocycles. The number of nitrogens with one attached hydrogen (secondary N) is 2. The molecule has 2 aromatic rings. The van der Waals surface area contributed by atoms with Crippen LogP contribution in [0.4, 0.5) is 11.4 Å². The third-order valence-electron chi connectivity index (χ3n) is 5.26. The third kappa shape index (κ3) is 5.80. The lowest BCUT2D eigenvalue weighted by atomic mass is 9.86. The van der Waals surface area contributed by atoms with Crippen molar-refractivity contribution in [1.82, 2.24) is 4.98 Å². The van der Waals surface area contributed by atoms with Crippen molar-refractivity contribution in [2.45, 2.75) is 51.9 Å². The van der Waals surface area contributed by atoms with Gasteiger partial charge in [0.05, 0.1) is 5.56 Å². The van der Waals surface area contributed by atoms with Crippen LogP contribution in [0.1, 0.15) is 60.9 Å². The van der Waals surface area contributed by atoms with E-state index in [1.165, 1.54) is 38.3 Å². The maximum Gasteiger partial charge on any atom is 0.257 e. The minimum absolute atomic E-state index is 0.0219. The van der Waals surface area contributed by atoms with Gasteiger partial charge < -0.3 is 10.6 Å². The summed E-state index contributed by atoms with van der Waals surface area (Å²) in [4.78, 5) is 28.6. The molecule has 1 heterocycles. The molecule has 6 heteroatoms. The SMILES string of the molecule is Cc1ccc(NC(=O)CCC2CCCCC2)cc1NC(=O)c1ccc(Cl)nc1. The highest BCUT2D eigenvalue weighted by Crippen LogP contribution is 2.27. The molecule has 28 heavy (non-hydrogen) atoms. The van der Waals surface area contributed by atoms with Crippen LogP contribution in [0.3, 0.4) is 0 Å². The van der Waals surface area contributed by atoms with Crippen LogP contribution in [-0.4, -0.2) is 16.8 Å². The Morgan fingerprint density at radius 2 is 1.89 bits per heavy atom. The lowest BCUT2D eigenvalue weighted by molar-refractivity contribution is -0.116. The Hall–Kier alpha value is -2.40. The third-order valence-corrected chi connectivity index (χ3v) is 5.49. The molecular weight excluding hydrogens is 374 g/mol. The Bertz CT molecular complexity index is 830. The normalized spacial score (nSPS) is 14.5. The molecule has 0 aliphatic heterocycles. The highest BCUT2D eigenvalue weighted by Gasteiger charge is 2.15. The first-order valence-electron chi connectivity index (χ1n) is 9.84. The van der Waals surface area contributed by atoms with E-state index < -0.39 is 0 Å². The van der Waals surface area contributed by atoms with E-state index in [0.29, 0.717) is 34.4 Å². The Labute approximate surface area is 170 Å². The van der Waals surface area contributed by atoms with Crippen LogP contribution in [0.15, 0.2) is 36.5 Å². The topological polar surface area (TPSA) is 71.1 Å². The molecule has 5 nitrogen and oxygen atoms in total. The van der Waals surface area contributed by atoms with Crippen molar-refractivity contribution in [2.75, 3.05) is 10.6 Å². The Balaban J connectivity index is 1.58. The quantitative estimate of drug-likeness (QED) is 0.621. The average molecular weight is 400 g/mol. The summed E-state index contributed by atoms with van der Waals surface area (Å²) >= 11 is 5.76. The number of aromatic nitrogens is 1. The zero-order valence-electron chi connectivity index (χ0n) is 16.1. The van der Waals surface area contributed by atoms with Crippen molar-refractivity contribution in [3.8, 4) is 0 Å². The summed E-state index contributed by atoms with van der Waals surface area (Å²) in [5, 5.41) is 6.16. The smallest absolute Gasteiger partial charge is 0.257 e. The number of carbonyl (C=O) groups is 2. The Morgan fingerprint density at radius 1 is 1.11 bits per heavy atom. The van der Waals surface area contributed by atoms with Crippen LogP contribution in [0, 0.1) is 12.8 Å². The van der Waals surface area contributed by atoms with Gasteiger partial charge in [0.15, 0.2) is 0 Å². The fourth-order valence-corrected chi connectivity index (χ4v) is 3.69. The number of carbonyl (C=O) groups excluding carboxylic acids is 2. The number of hydrogen-bond donors (Lipinski definition) is 2. The zero-order valence-corrected chi connectivity index (χ0v) is 16.9. The van der Waals surface area contributed by atoms with Crippen LogP contribution >= 0.6 is 11.6 Å². The van der Waals surface area contributed by atoms with E-state index in [1.54, 1.807) is 18.2 Å². The van der Waals surface area contributed by atoms with Crippen LogP contribution < -0.4 is 10.6 Å². The predicted octanol–water partition coefficient (Wildman–Crippen LogP) is 5.59. The molecule has 0 atom stereocenters. The first-order chi connectivity index (χ1) is 13.5. The van der Waals surface area contributed by atoms with E-state index in [2.05, 4.69) is 15.6 Å². The lowest BCUT2D eigenvalue weighted by Gasteiger charge is -2.21. The van der Waals surface area contributed by atoms with Gasteiger partial charge in [-0.1, -0.05) is 49.8 Å². The summed E-state index contributed by atoms with van der Waals surface area (Å²) in [7, 11) is 0. The van der Waals surface area contributed by atoms with E-state index in [4.69, 9.17) is 11.6 Å². The number of aryl methyl sites for hydroxylation is 1. The number of anilines is 2. The fourth-order valence-electron chi connectivity index (χ4n) is 3.57. The highest BCUT2D eigenvalue weighted by atomic mass is 35.5. The maximum atomic E-state index is 12.4. The average Bonchev–Trinajstić information content (AvgIpc) is 2.70. The van der Waals surface area contributed by atoms with E-state index >= 15 is 0 Å². The van der Waals surface area contributed by atoms with E-state index in [-0.39, 0.29) is 11.8 Å². The second-order valence-electron chi connectivity index (χ2n) is 7.44. The lowest BCUT2D eigenvalue weighted by Crippen LogP contribution is -2.16. The van der Waals surface area contributed by atoms with Gasteiger partial charge in [-0.3, -0.25) is 9.59 Å². The van der Waals surface area contributed by atoms with Gasteiger partial charge in [0, 0.05) is 24.0 Å². The number of rotatable bonds is 6. The summed E-state index contributed by atoms with van der Waals surface area (Å²) in [5.74, 6) is 0.432. The van der Waals surface area contributed by atoms with Crippen molar-refractivity contribution in [3.63, 3.8) is 0 Å². The van der Waals surface area contributed by atoms with Gasteiger partial charge >= 0.3 is 0 Å². The van der Waals surface area contributed by atoms with Crippen molar-refractivity contribution in [1.29, 1.82) is 0 Å². The molecule has 2 amide bonds. The molecule has 1 fully saturated rings. The van der Waals surface area contributed by atoms with Gasteiger partial charge in [-0.15, -0.1) is 0 Å². The summed E-state index contributed by atoms with van der Waals surface area (Å²) in [6, 6.07) is 8.72. The Kier molecular flexibility index (Phi) is 7.04. The highest BCUT2D eigenvalue weighted by molar-refractivity contribution is 6.29. The molecule has 0 saturated heterocycles. The molecule has 0 spiro atoms. The minimum atomic E-state index is -0.270. The first-order valence-corrected chi connectivity index (χ1v) is 10.2. The Morgan fingerprint density at radius 3 is 2.61 bits per heavy atom. The molecule has 148 valence electrons. The van der Waals surface area contributed by atoms with Crippen molar-refractivity contribution in [2.24, 2.45) is 5.92 Å². The molecule has 0 unspecified atom stereocenters. The number of nitrogens with zero attached hydrogens (tertiary/aromatic N) is 1. The molecule has 2 N–H and O–H groups in total. The number of amides is 2. The van der Waals surface area contributed by atoms with Gasteiger partial charge in [0.2, 0.25) is 5.91 Å². The molecule has 1 aliphatic rings. The molecule has 1 aromatic heterocycles. The van der Waals surface area contributed by atoms with E-state index in [1.807, 2.05) is 19.1 Å². The van der Waals surface area contributed by atoms with Crippen molar-refractivity contribution < 1.29 is 9.59 Å². The second kappa shape index (κ2) is 9.69. The first kappa shape index (κ1) is 20.3. The van der Waals surface area contributed by atoms with Crippen LogP contribution in [0.25, 0.3) is 0 Å². The second-order valence-corrected chi connectivity index (χ2v) is 7.83. The van der Waals surface area contributed by atoms with Crippen molar-refractivity contribution >= 4 is 34.8 Å². The van der Waals surface area contributed by atoms with Crippen molar-refractivity contribution in [3.05, 3.63) is 52.8 Å². The maximum absolute atomic E-state index is 12.4. The van der Waals surface area contributed by atoms with Gasteiger partial charge in [-0.25, -0.2) is 4.98 Å². The van der Waals surface area contributed by atoms with Crippen LogP contribution in [0.5, 0.6) is 0 Å². The van der Waals surface area contributed by atoms with Crippen LogP contribution in [-0.2, 0) is 4.79 Å². The zero-order chi connectivity index (χ0) is 19.9. The monoisotopic (exact) mass is 399 g/mol. The number of benzene rings is 1. The summed E-state index contributed by atoms with van der Waals surface area (Å²) in [6.07, 6.45) is 9.31. The molecule has 1 aliphatic carbocycles. The standard InChI is InChI=1S/C22H26ClN3O2/c1-15-7-10-18(25-21(27)12-8-16-5-3-2-4-6-16)13-19(15)26-22(28)17-9-11-20(23)24-14-17/h7,9-11,13-14,16H,2-6,8,12H2,1H3,(H,25,27)(H,26,28). The molecule has 3 rings (SSSR count). The minimum Gasteiger partial charge on any atom is -0.326 e. The summed E-state index contributed by atoms with van der Waals surface area (Å²) < 4.78 is 0. The van der Waals surface area contributed by atoms with Crippen LogP contribution in [0.2, 0.25) is 5.15 Å². The molecule has 1 aromatic carbocycles. The summed E-state index contributed by atoms with van der Waals surface area (Å²) in [5.41, 5.74) is 2.68. The molecule has 0 radical (unpaired) electrons. The summed E-state index contributed by atoms with van der Waals surface area (Å²) in [6.45, 7) is 1.91. The van der Waals surface area contributed by atoms with E-state index in [9.17, 15) is 9.59 Å². The largest absolute Gasteiger partial charge is 0.326 e. The molecule has 0 bridgehead atoms. The van der Waals surface area contributed by atoms with E-state index in [0.717, 1.165) is 12.0 Å². The fraction of sp³-hybridized carbons (Fsp3) is 0.409. The molecular formula is C22H26ClN3O2. The van der Waals surface area contributed by atoms with Gasteiger partial charge in [0.1, 0.15) is 5.15 Å². The van der Waals surface area contributed by atoms with Gasteiger partial charge in [-0.05, 0) is 49.1 Å². The van der Waals surface area contributed by atoms with Gasteiger partial charge in [-0.2, -0.15) is 0 Å². The number of halogens is 1. The number of hydrogen-bond acceptors (Lipinski definition) is 3. The number of pyridine rings is 1. The van der Waals surface area contributed by atoms with Gasteiger partial charge in [0.25, 0.3) is 5.91 Å².